The standard InChI is InChI=1S/C7H4BrF3N2O2/c8-2-4-3(6(9)10)1-5(13(14)15)7(11)12-4/h1,6H,2H2. The number of halogens is 4. The van der Waals surface area contributed by atoms with Crippen molar-refractivity contribution in [3.8, 4) is 0 Å². The maximum absolute atomic E-state index is 12.9. The van der Waals surface area contributed by atoms with Crippen LogP contribution in [0, 0.1) is 16.1 Å². The lowest BCUT2D eigenvalue weighted by Crippen LogP contribution is -2.03. The van der Waals surface area contributed by atoms with Gasteiger partial charge < -0.3 is 0 Å². The zero-order valence-electron chi connectivity index (χ0n) is 7.08. The predicted octanol–water partition coefficient (Wildman–Crippen LogP) is 2.96. The van der Waals surface area contributed by atoms with Crippen molar-refractivity contribution in [1.82, 2.24) is 4.98 Å². The van der Waals surface area contributed by atoms with Crippen LogP contribution in [0.3, 0.4) is 0 Å². The molecule has 0 atom stereocenters. The number of hydrogen-bond donors (Lipinski definition) is 0. The molecule has 0 saturated carbocycles. The second-order valence-corrected chi connectivity index (χ2v) is 3.09. The number of rotatable bonds is 3. The summed E-state index contributed by atoms with van der Waals surface area (Å²) >= 11 is 2.84. The first kappa shape index (κ1) is 11.9. The van der Waals surface area contributed by atoms with Crippen LogP contribution in [0.15, 0.2) is 6.07 Å². The number of pyridine rings is 1. The summed E-state index contributed by atoms with van der Waals surface area (Å²) in [6, 6.07) is 0.504. The average Bonchev–Trinajstić information content (AvgIpc) is 2.16. The first-order chi connectivity index (χ1) is 6.97. The van der Waals surface area contributed by atoms with E-state index in [2.05, 4.69) is 20.9 Å². The summed E-state index contributed by atoms with van der Waals surface area (Å²) in [7, 11) is 0. The zero-order valence-corrected chi connectivity index (χ0v) is 8.67. The Morgan fingerprint density at radius 2 is 2.20 bits per heavy atom. The quantitative estimate of drug-likeness (QED) is 0.371. The van der Waals surface area contributed by atoms with Crippen molar-refractivity contribution >= 4 is 21.6 Å². The SMILES string of the molecule is O=[N+]([O-])c1cc(C(F)F)c(CBr)nc1F. The number of aromatic nitrogens is 1. The minimum atomic E-state index is -2.93. The number of hydrogen-bond acceptors (Lipinski definition) is 3. The summed E-state index contributed by atoms with van der Waals surface area (Å²) in [6.45, 7) is 0. The molecule has 0 radical (unpaired) electrons. The molecular formula is C7H4BrF3N2O2. The Balaban J connectivity index is 3.37. The van der Waals surface area contributed by atoms with Crippen LogP contribution in [0.5, 0.6) is 0 Å². The molecule has 0 amide bonds. The lowest BCUT2D eigenvalue weighted by molar-refractivity contribution is -0.388. The third kappa shape index (κ3) is 2.44. The third-order valence-corrected chi connectivity index (χ3v) is 2.16. The van der Waals surface area contributed by atoms with Gasteiger partial charge in [0.2, 0.25) is 0 Å². The molecule has 1 aromatic heterocycles. The van der Waals surface area contributed by atoms with Gasteiger partial charge in [0.05, 0.1) is 10.6 Å². The van der Waals surface area contributed by atoms with E-state index in [-0.39, 0.29) is 11.0 Å². The van der Waals surface area contributed by atoms with Gasteiger partial charge in [0, 0.05) is 17.0 Å². The topological polar surface area (TPSA) is 56.0 Å². The van der Waals surface area contributed by atoms with Crippen molar-refractivity contribution in [3.63, 3.8) is 0 Å². The van der Waals surface area contributed by atoms with Crippen LogP contribution in [0.1, 0.15) is 17.7 Å². The van der Waals surface area contributed by atoms with Gasteiger partial charge in [-0.05, 0) is 0 Å². The van der Waals surface area contributed by atoms with Gasteiger partial charge in [-0.2, -0.15) is 4.39 Å². The van der Waals surface area contributed by atoms with Crippen LogP contribution in [-0.2, 0) is 5.33 Å². The van der Waals surface area contributed by atoms with E-state index in [1.807, 2.05) is 0 Å². The van der Waals surface area contributed by atoms with Crippen molar-refractivity contribution < 1.29 is 18.1 Å². The molecule has 0 unspecified atom stereocenters. The molecule has 0 spiro atoms. The van der Waals surface area contributed by atoms with Crippen LogP contribution in [0.4, 0.5) is 18.9 Å². The first-order valence-electron chi connectivity index (χ1n) is 3.65. The lowest BCUT2D eigenvalue weighted by atomic mass is 10.2. The Hall–Kier alpha value is -1.18. The summed E-state index contributed by atoms with van der Waals surface area (Å²) in [5.74, 6) is -1.36. The smallest absolute Gasteiger partial charge is 0.258 e. The van der Waals surface area contributed by atoms with Gasteiger partial charge in [-0.25, -0.2) is 13.8 Å². The predicted molar refractivity (Wildman–Crippen MR) is 48.4 cm³/mol. The van der Waals surface area contributed by atoms with Crippen LogP contribution >= 0.6 is 15.9 Å². The molecule has 0 aliphatic rings. The summed E-state index contributed by atoms with van der Waals surface area (Å²) in [5.41, 5.74) is -1.93. The average molecular weight is 285 g/mol. The highest BCUT2D eigenvalue weighted by Gasteiger charge is 2.23. The van der Waals surface area contributed by atoms with Crippen LogP contribution in [-0.4, -0.2) is 9.91 Å². The monoisotopic (exact) mass is 284 g/mol. The van der Waals surface area contributed by atoms with E-state index < -0.39 is 28.5 Å². The Morgan fingerprint density at radius 3 is 2.60 bits per heavy atom. The van der Waals surface area contributed by atoms with Crippen molar-refractivity contribution in [2.75, 3.05) is 0 Å². The van der Waals surface area contributed by atoms with Crippen LogP contribution < -0.4 is 0 Å². The first-order valence-corrected chi connectivity index (χ1v) is 4.77. The minimum Gasteiger partial charge on any atom is -0.258 e. The molecule has 0 bridgehead atoms. The highest BCUT2D eigenvalue weighted by molar-refractivity contribution is 9.08. The Kier molecular flexibility index (Phi) is 3.61. The Labute approximate surface area is 90.4 Å². The second-order valence-electron chi connectivity index (χ2n) is 2.53. The van der Waals surface area contributed by atoms with E-state index in [4.69, 9.17) is 0 Å². The molecule has 1 aromatic rings. The molecule has 0 N–H and O–H groups in total. The largest absolute Gasteiger partial charge is 0.324 e. The summed E-state index contributed by atoms with van der Waals surface area (Å²) in [5, 5.41) is 10.2. The molecule has 1 heterocycles. The fraction of sp³-hybridized carbons (Fsp3) is 0.286. The summed E-state index contributed by atoms with van der Waals surface area (Å²) < 4.78 is 37.7. The molecule has 1 rings (SSSR count). The van der Waals surface area contributed by atoms with E-state index in [0.29, 0.717) is 6.07 Å². The number of alkyl halides is 3. The zero-order chi connectivity index (χ0) is 11.6. The Morgan fingerprint density at radius 1 is 1.60 bits per heavy atom. The summed E-state index contributed by atoms with van der Waals surface area (Å²) in [4.78, 5) is 12.3. The molecule has 0 aromatic carbocycles. The van der Waals surface area contributed by atoms with Crippen molar-refractivity contribution in [1.29, 1.82) is 0 Å². The van der Waals surface area contributed by atoms with Crippen molar-refractivity contribution in [3.05, 3.63) is 33.4 Å². The maximum atomic E-state index is 12.9. The van der Waals surface area contributed by atoms with Crippen molar-refractivity contribution in [2.45, 2.75) is 11.8 Å². The molecular weight excluding hydrogens is 281 g/mol. The number of nitrogens with zero attached hydrogens (tertiary/aromatic N) is 2. The van der Waals surface area contributed by atoms with Gasteiger partial charge in [-0.3, -0.25) is 10.1 Å². The molecule has 0 aliphatic heterocycles. The lowest BCUT2D eigenvalue weighted by Gasteiger charge is -2.05. The van der Waals surface area contributed by atoms with Crippen LogP contribution in [0.25, 0.3) is 0 Å². The van der Waals surface area contributed by atoms with E-state index in [0.717, 1.165) is 0 Å². The van der Waals surface area contributed by atoms with Gasteiger partial charge in [0.15, 0.2) is 0 Å². The second kappa shape index (κ2) is 4.56. The van der Waals surface area contributed by atoms with Gasteiger partial charge >= 0.3 is 5.69 Å². The van der Waals surface area contributed by atoms with Gasteiger partial charge in [-0.15, -0.1) is 0 Å². The Bertz CT molecular complexity index is 400. The van der Waals surface area contributed by atoms with E-state index in [9.17, 15) is 23.3 Å². The van der Waals surface area contributed by atoms with E-state index >= 15 is 0 Å². The molecule has 15 heavy (non-hydrogen) atoms. The molecule has 4 nitrogen and oxygen atoms in total. The molecule has 0 aliphatic carbocycles. The third-order valence-electron chi connectivity index (χ3n) is 1.63. The molecule has 82 valence electrons. The fourth-order valence-electron chi connectivity index (χ4n) is 0.954. The maximum Gasteiger partial charge on any atom is 0.324 e. The molecule has 0 saturated heterocycles. The van der Waals surface area contributed by atoms with E-state index in [1.165, 1.54) is 0 Å². The highest BCUT2D eigenvalue weighted by atomic mass is 79.9. The highest BCUT2D eigenvalue weighted by Crippen LogP contribution is 2.28. The van der Waals surface area contributed by atoms with Gasteiger partial charge in [0.25, 0.3) is 12.4 Å². The molecule has 8 heteroatoms. The van der Waals surface area contributed by atoms with Gasteiger partial charge in [-0.1, -0.05) is 15.9 Å². The fourth-order valence-corrected chi connectivity index (χ4v) is 1.40. The van der Waals surface area contributed by atoms with E-state index in [1.54, 1.807) is 0 Å². The van der Waals surface area contributed by atoms with Crippen LogP contribution in [0.2, 0.25) is 0 Å². The summed E-state index contributed by atoms with van der Waals surface area (Å²) in [6.07, 6.45) is -2.93. The minimum absolute atomic E-state index is 0.0956. The normalized spacial score (nSPS) is 10.7. The number of nitro groups is 1. The van der Waals surface area contributed by atoms with Crippen molar-refractivity contribution in [2.24, 2.45) is 0 Å². The van der Waals surface area contributed by atoms with Gasteiger partial charge in [0.1, 0.15) is 0 Å². The molecule has 0 fully saturated rings.